The largest absolute Gasteiger partial charge is 0.545 e. The molecule has 0 saturated carbocycles. The second-order valence-electron chi connectivity index (χ2n) is 28.3. The minimum absolute atomic E-state index is 0.148. The molecule has 9 nitrogen and oxygen atoms in total. The van der Waals surface area contributed by atoms with Gasteiger partial charge in [0.25, 0.3) is 0 Å². The van der Waals surface area contributed by atoms with Crippen LogP contribution >= 0.6 is 0 Å². The third-order valence-electron chi connectivity index (χ3n) is 18.0. The molecule has 0 bridgehead atoms. The van der Waals surface area contributed by atoms with Gasteiger partial charge in [-0.05, 0) is 57.8 Å². The highest BCUT2D eigenvalue weighted by Gasteiger charge is 2.22. The van der Waals surface area contributed by atoms with Gasteiger partial charge in [0, 0.05) is 12.8 Å². The Kier molecular flexibility index (Phi) is 71.4. The van der Waals surface area contributed by atoms with Crippen LogP contribution in [0.5, 0.6) is 0 Å². The van der Waals surface area contributed by atoms with Gasteiger partial charge in [-0.25, -0.2) is 0 Å². The van der Waals surface area contributed by atoms with Crippen molar-refractivity contribution in [1.29, 1.82) is 0 Å². The molecule has 0 aromatic rings. The third kappa shape index (κ3) is 74.4. The molecule has 0 aliphatic heterocycles. The smallest absolute Gasteiger partial charge is 0.306 e. The molecular weight excluding hydrogens is 1140 g/mol. The van der Waals surface area contributed by atoms with Crippen LogP contribution in [0.25, 0.3) is 0 Å². The number of hydrogen-bond donors (Lipinski definition) is 0. The van der Waals surface area contributed by atoms with Crippen LogP contribution in [0, 0.1) is 0 Å². The number of aliphatic carboxylic acids is 1. The summed E-state index contributed by atoms with van der Waals surface area (Å²) in [5, 5.41) is 11.9. The molecule has 0 saturated heterocycles. The Balaban J connectivity index is 3.96. The standard InChI is InChI=1S/C83H153NO8/c1-6-8-10-12-14-16-18-20-22-24-26-28-30-32-34-36-37-38-39-40-41-42-43-44-46-47-49-51-53-55-57-59-61-63-65-67-69-71-73-80(85)90-77-79(78-91-83(82(87)88)89-76-75-84(3,4)5)92-81(86)74-72-70-68-66-64-62-60-58-56-54-52-50-48-45-35-33-31-29-27-25-23-21-19-17-15-13-11-9-7-2/h9,11,15,17,21,23,27,29,33,35,79,83H,6-8,10,12-14,16,18-20,22,24-26,28,30-32,34,36-78H2,1-5H3/b11-9-,17-15-,23-21-,29-27-,35-33-. The molecule has 0 aliphatic rings. The summed E-state index contributed by atoms with van der Waals surface area (Å²) in [4.78, 5) is 37.6. The van der Waals surface area contributed by atoms with E-state index >= 15 is 0 Å². The van der Waals surface area contributed by atoms with Gasteiger partial charge in [0.15, 0.2) is 12.4 Å². The molecule has 2 unspecified atom stereocenters. The fraction of sp³-hybridized carbons (Fsp3) is 0.843. The number of carbonyl (C=O) groups excluding carboxylic acids is 3. The Bertz CT molecular complexity index is 1700. The molecule has 0 N–H and O–H groups in total. The zero-order valence-corrected chi connectivity index (χ0v) is 61.7. The number of carboxylic acids is 1. The lowest BCUT2D eigenvalue weighted by Crippen LogP contribution is -2.44. The lowest BCUT2D eigenvalue weighted by Gasteiger charge is -2.26. The van der Waals surface area contributed by atoms with Crippen LogP contribution in [0.1, 0.15) is 393 Å². The molecule has 0 amide bonds. The lowest BCUT2D eigenvalue weighted by atomic mass is 10.0. The highest BCUT2D eigenvalue weighted by atomic mass is 16.7. The normalized spacial score (nSPS) is 12.9. The van der Waals surface area contributed by atoms with E-state index in [-0.39, 0.29) is 32.2 Å². The van der Waals surface area contributed by atoms with Crippen LogP contribution < -0.4 is 5.11 Å². The summed E-state index contributed by atoms with van der Waals surface area (Å²) >= 11 is 0. The number of carbonyl (C=O) groups is 3. The minimum atomic E-state index is -1.62. The van der Waals surface area contributed by atoms with Crippen LogP contribution in [-0.4, -0.2) is 82.3 Å². The molecule has 0 aromatic heterocycles. The van der Waals surface area contributed by atoms with E-state index in [1.54, 1.807) is 0 Å². The number of unbranched alkanes of at least 4 members (excludes halogenated alkanes) is 50. The summed E-state index contributed by atoms with van der Waals surface area (Å²) in [7, 11) is 5.94. The number of nitrogens with zero attached hydrogens (tertiary/aromatic N) is 1. The van der Waals surface area contributed by atoms with Gasteiger partial charge in [-0.1, -0.05) is 383 Å². The van der Waals surface area contributed by atoms with Gasteiger partial charge in [0.2, 0.25) is 0 Å². The molecule has 9 heteroatoms. The van der Waals surface area contributed by atoms with Crippen molar-refractivity contribution in [3.8, 4) is 0 Å². The maximum absolute atomic E-state index is 13.0. The maximum atomic E-state index is 13.0. The summed E-state index contributed by atoms with van der Waals surface area (Å²) in [6, 6.07) is 0. The number of esters is 2. The predicted octanol–water partition coefficient (Wildman–Crippen LogP) is 24.1. The van der Waals surface area contributed by atoms with Crippen molar-refractivity contribution in [3.05, 3.63) is 60.8 Å². The zero-order valence-electron chi connectivity index (χ0n) is 61.7. The lowest BCUT2D eigenvalue weighted by molar-refractivity contribution is -0.870. The quantitative estimate of drug-likeness (QED) is 0.0195. The number of allylic oxidation sites excluding steroid dienone is 10. The van der Waals surface area contributed by atoms with Crippen LogP contribution in [0.4, 0.5) is 0 Å². The first-order valence-corrected chi connectivity index (χ1v) is 39.9. The van der Waals surface area contributed by atoms with Gasteiger partial charge < -0.3 is 33.3 Å². The Hall–Kier alpha value is -3.01. The van der Waals surface area contributed by atoms with Gasteiger partial charge in [-0.2, -0.15) is 0 Å². The number of carboxylic acid groups (broad SMARTS) is 1. The van der Waals surface area contributed by atoms with E-state index in [4.69, 9.17) is 18.9 Å². The van der Waals surface area contributed by atoms with Gasteiger partial charge >= 0.3 is 11.9 Å². The number of ether oxygens (including phenoxy) is 4. The van der Waals surface area contributed by atoms with Crippen molar-refractivity contribution in [1.82, 2.24) is 0 Å². The highest BCUT2D eigenvalue weighted by Crippen LogP contribution is 2.20. The van der Waals surface area contributed by atoms with Gasteiger partial charge in [-0.15, -0.1) is 0 Å². The third-order valence-corrected chi connectivity index (χ3v) is 18.0. The van der Waals surface area contributed by atoms with Crippen molar-refractivity contribution in [3.63, 3.8) is 0 Å². The number of hydrogen-bond acceptors (Lipinski definition) is 8. The molecule has 0 fully saturated rings. The summed E-state index contributed by atoms with van der Waals surface area (Å²) in [5.74, 6) is -2.26. The first kappa shape index (κ1) is 89.0. The molecule has 0 heterocycles. The molecule has 0 rings (SSSR count). The average molecular weight is 1290 g/mol. The van der Waals surface area contributed by atoms with E-state index in [2.05, 4.69) is 74.6 Å². The Morgan fingerprint density at radius 2 is 0.620 bits per heavy atom. The molecule has 0 radical (unpaired) electrons. The van der Waals surface area contributed by atoms with Gasteiger partial charge in [0.05, 0.1) is 40.3 Å². The average Bonchev–Trinajstić information content (AvgIpc) is 3.75. The summed E-state index contributed by atoms with van der Waals surface area (Å²) < 4.78 is 22.9. The number of likely N-dealkylation sites (N-methyl/N-ethyl adjacent to an activating group) is 1. The number of quaternary nitrogens is 1. The summed E-state index contributed by atoms with van der Waals surface area (Å²) in [5.41, 5.74) is 0. The van der Waals surface area contributed by atoms with E-state index in [1.807, 2.05) is 21.1 Å². The van der Waals surface area contributed by atoms with Crippen LogP contribution in [0.3, 0.4) is 0 Å². The minimum Gasteiger partial charge on any atom is -0.545 e. The highest BCUT2D eigenvalue weighted by molar-refractivity contribution is 5.70. The molecule has 0 aliphatic carbocycles. The van der Waals surface area contributed by atoms with E-state index < -0.39 is 24.3 Å². The Morgan fingerprint density at radius 3 is 0.924 bits per heavy atom. The van der Waals surface area contributed by atoms with E-state index in [0.717, 1.165) is 70.6 Å². The molecule has 0 spiro atoms. The Labute approximate surface area is 571 Å². The van der Waals surface area contributed by atoms with Crippen molar-refractivity contribution < 1.29 is 42.9 Å². The second kappa shape index (κ2) is 73.8. The molecule has 0 aromatic carbocycles. The Morgan fingerprint density at radius 1 is 0.337 bits per heavy atom. The zero-order chi connectivity index (χ0) is 66.8. The fourth-order valence-corrected chi connectivity index (χ4v) is 12.0. The van der Waals surface area contributed by atoms with Gasteiger partial charge in [-0.3, -0.25) is 9.59 Å². The first-order chi connectivity index (χ1) is 45.1. The predicted molar refractivity (Wildman–Crippen MR) is 394 cm³/mol. The molecular formula is C83H153NO8. The van der Waals surface area contributed by atoms with Crippen LogP contribution in [0.15, 0.2) is 60.8 Å². The molecule has 92 heavy (non-hydrogen) atoms. The van der Waals surface area contributed by atoms with E-state index in [1.165, 1.54) is 289 Å². The summed E-state index contributed by atoms with van der Waals surface area (Å²) in [6.45, 7) is 4.70. The van der Waals surface area contributed by atoms with Crippen molar-refractivity contribution >= 4 is 17.9 Å². The molecule has 538 valence electrons. The topological polar surface area (TPSA) is 111 Å². The number of rotatable bonds is 75. The van der Waals surface area contributed by atoms with Crippen molar-refractivity contribution in [2.45, 2.75) is 405 Å². The first-order valence-electron chi connectivity index (χ1n) is 39.9. The van der Waals surface area contributed by atoms with Crippen molar-refractivity contribution in [2.24, 2.45) is 0 Å². The maximum Gasteiger partial charge on any atom is 0.306 e. The van der Waals surface area contributed by atoms with E-state index in [9.17, 15) is 19.5 Å². The fourth-order valence-electron chi connectivity index (χ4n) is 12.0. The van der Waals surface area contributed by atoms with Crippen molar-refractivity contribution in [2.75, 3.05) is 47.5 Å². The van der Waals surface area contributed by atoms with Crippen LogP contribution in [-0.2, 0) is 33.3 Å². The second-order valence-corrected chi connectivity index (χ2v) is 28.3. The monoisotopic (exact) mass is 1290 g/mol. The van der Waals surface area contributed by atoms with Gasteiger partial charge in [0.1, 0.15) is 13.2 Å². The van der Waals surface area contributed by atoms with E-state index in [0.29, 0.717) is 23.9 Å². The SMILES string of the molecule is CC/C=C\C/C=C\C/C=C\C/C=C\C/C=C\CCCCCCCCCCCCCCCC(=O)OC(COC(=O)CCCCCCCCCCCCCCCCCCCCCCCCCCCCCCCCCCCCCCCC)COC(OCC[N+](C)(C)C)C(=O)[O-]. The van der Waals surface area contributed by atoms with Crippen LogP contribution in [0.2, 0.25) is 0 Å². The summed E-state index contributed by atoms with van der Waals surface area (Å²) in [6.07, 6.45) is 95.0. The molecule has 2 atom stereocenters.